The lowest BCUT2D eigenvalue weighted by Crippen LogP contribution is -2.33. The average molecular weight is 288 g/mol. The smallest absolute Gasteiger partial charge is 0.220 e. The summed E-state index contributed by atoms with van der Waals surface area (Å²) in [5, 5.41) is 3.08. The topological polar surface area (TPSA) is 29.1 Å². The minimum Gasteiger partial charge on any atom is -0.355 e. The third kappa shape index (κ3) is 6.65. The van der Waals surface area contributed by atoms with Crippen LogP contribution in [0, 0.1) is 11.8 Å². The minimum atomic E-state index is 0.0774. The lowest BCUT2D eigenvalue weighted by atomic mass is 9.86. The molecule has 1 fully saturated rings. The number of carbonyl (C=O) groups excluding carboxylic acids is 1. The largest absolute Gasteiger partial charge is 0.355 e. The highest BCUT2D eigenvalue weighted by molar-refractivity contribution is 6.21. The van der Waals surface area contributed by atoms with Gasteiger partial charge < -0.3 is 5.32 Å². The third-order valence-electron chi connectivity index (χ3n) is 4.56. The molecule has 1 amide bonds. The Balaban J connectivity index is 2.13. The van der Waals surface area contributed by atoms with Crippen LogP contribution in [0.4, 0.5) is 0 Å². The van der Waals surface area contributed by atoms with Crippen LogP contribution in [0.25, 0.3) is 0 Å². The molecule has 1 atom stereocenters. The third-order valence-corrected chi connectivity index (χ3v) is 5.07. The molecule has 0 spiro atoms. The fraction of sp³-hybridized carbons (Fsp3) is 0.938. The Morgan fingerprint density at radius 2 is 1.84 bits per heavy atom. The maximum Gasteiger partial charge on any atom is 0.220 e. The molecule has 1 saturated carbocycles. The molecule has 0 saturated heterocycles. The van der Waals surface area contributed by atoms with Crippen molar-refractivity contribution in [1.29, 1.82) is 0 Å². The lowest BCUT2D eigenvalue weighted by Gasteiger charge is -2.22. The monoisotopic (exact) mass is 287 g/mol. The van der Waals surface area contributed by atoms with E-state index >= 15 is 0 Å². The molecule has 1 N–H and O–H groups in total. The summed E-state index contributed by atoms with van der Waals surface area (Å²) >= 11 is 6.33. The van der Waals surface area contributed by atoms with Crippen molar-refractivity contribution in [2.75, 3.05) is 6.54 Å². The maximum atomic E-state index is 11.8. The van der Waals surface area contributed by atoms with E-state index in [0.717, 1.165) is 25.2 Å². The van der Waals surface area contributed by atoms with Gasteiger partial charge >= 0.3 is 0 Å². The molecule has 0 heterocycles. The van der Waals surface area contributed by atoms with Gasteiger partial charge in [0.2, 0.25) is 5.91 Å². The summed E-state index contributed by atoms with van der Waals surface area (Å²) in [6.45, 7) is 4.94. The maximum absolute atomic E-state index is 11.8. The van der Waals surface area contributed by atoms with Crippen molar-refractivity contribution >= 4 is 17.5 Å². The first-order valence-electron chi connectivity index (χ1n) is 8.08. The highest BCUT2D eigenvalue weighted by Crippen LogP contribution is 2.27. The number of halogens is 1. The Bertz CT molecular complexity index is 247. The summed E-state index contributed by atoms with van der Waals surface area (Å²) in [7, 11) is 0. The molecular formula is C16H30ClNO. The molecule has 2 nitrogen and oxygen atoms in total. The van der Waals surface area contributed by atoms with Gasteiger partial charge in [0, 0.05) is 13.0 Å². The summed E-state index contributed by atoms with van der Waals surface area (Å²) in [6.07, 6.45) is 10.6. The number of rotatable bonds is 8. The highest BCUT2D eigenvalue weighted by atomic mass is 35.5. The number of amides is 1. The van der Waals surface area contributed by atoms with E-state index in [4.69, 9.17) is 11.6 Å². The molecule has 0 radical (unpaired) electrons. The molecule has 0 bridgehead atoms. The van der Waals surface area contributed by atoms with Gasteiger partial charge in [0.05, 0.1) is 5.38 Å². The first kappa shape index (κ1) is 16.8. The van der Waals surface area contributed by atoms with E-state index in [2.05, 4.69) is 19.2 Å². The van der Waals surface area contributed by atoms with Gasteiger partial charge in [0.25, 0.3) is 0 Å². The molecule has 19 heavy (non-hydrogen) atoms. The molecule has 0 aliphatic heterocycles. The Morgan fingerprint density at radius 1 is 1.21 bits per heavy atom. The molecule has 1 unspecified atom stereocenters. The van der Waals surface area contributed by atoms with E-state index in [9.17, 15) is 4.79 Å². The summed E-state index contributed by atoms with van der Waals surface area (Å²) in [6, 6.07) is 0. The standard InChI is InChI=1S/C16H30ClNO/c1-3-14(4-2)15(17)12-18-16(19)11-10-13-8-6-5-7-9-13/h13-15H,3-12H2,1-2H3,(H,18,19). The number of alkyl halides is 1. The van der Waals surface area contributed by atoms with Crippen LogP contribution >= 0.6 is 11.6 Å². The summed E-state index contributed by atoms with van der Waals surface area (Å²) < 4.78 is 0. The van der Waals surface area contributed by atoms with Crippen LogP contribution in [0.2, 0.25) is 0 Å². The molecule has 3 heteroatoms. The van der Waals surface area contributed by atoms with Crippen LogP contribution in [-0.2, 0) is 4.79 Å². The van der Waals surface area contributed by atoms with Gasteiger partial charge in [0.1, 0.15) is 0 Å². The first-order chi connectivity index (χ1) is 9.17. The second-order valence-corrected chi connectivity index (χ2v) is 6.50. The van der Waals surface area contributed by atoms with E-state index in [1.807, 2.05) is 0 Å². The zero-order valence-corrected chi connectivity index (χ0v) is 13.3. The van der Waals surface area contributed by atoms with Gasteiger partial charge in [-0.2, -0.15) is 0 Å². The van der Waals surface area contributed by atoms with Crippen LogP contribution in [0.1, 0.15) is 71.6 Å². The molecule has 0 aromatic rings. The zero-order chi connectivity index (χ0) is 14.1. The Hall–Kier alpha value is -0.240. The molecule has 1 aliphatic rings. The molecule has 1 rings (SSSR count). The van der Waals surface area contributed by atoms with Crippen LogP contribution in [0.3, 0.4) is 0 Å². The predicted octanol–water partition coefficient (Wildman–Crippen LogP) is 4.51. The Kier molecular flexibility index (Phi) is 8.52. The van der Waals surface area contributed by atoms with Crippen molar-refractivity contribution in [3.05, 3.63) is 0 Å². The second-order valence-electron chi connectivity index (χ2n) is 5.94. The highest BCUT2D eigenvalue weighted by Gasteiger charge is 2.18. The van der Waals surface area contributed by atoms with Gasteiger partial charge in [-0.1, -0.05) is 58.8 Å². The van der Waals surface area contributed by atoms with Gasteiger partial charge in [-0.05, 0) is 18.3 Å². The number of nitrogens with one attached hydrogen (secondary N) is 1. The Morgan fingerprint density at radius 3 is 2.42 bits per heavy atom. The van der Waals surface area contributed by atoms with Crippen LogP contribution in [0.15, 0.2) is 0 Å². The SMILES string of the molecule is CCC(CC)C(Cl)CNC(=O)CCC1CCCCC1. The van der Waals surface area contributed by atoms with E-state index in [0.29, 0.717) is 18.9 Å². The number of carbonyl (C=O) groups is 1. The van der Waals surface area contributed by atoms with Gasteiger partial charge in [0.15, 0.2) is 0 Å². The minimum absolute atomic E-state index is 0.0774. The molecule has 0 aromatic carbocycles. The molecule has 0 aromatic heterocycles. The number of hydrogen-bond acceptors (Lipinski definition) is 1. The molecule has 1 aliphatic carbocycles. The van der Waals surface area contributed by atoms with Crippen molar-refractivity contribution in [2.24, 2.45) is 11.8 Å². The summed E-state index contributed by atoms with van der Waals surface area (Å²) in [5.41, 5.74) is 0. The fourth-order valence-corrected chi connectivity index (χ4v) is 3.51. The predicted molar refractivity (Wildman–Crippen MR) is 82.5 cm³/mol. The van der Waals surface area contributed by atoms with Gasteiger partial charge in [-0.3, -0.25) is 4.79 Å². The average Bonchev–Trinajstić information content (AvgIpc) is 2.45. The van der Waals surface area contributed by atoms with E-state index < -0.39 is 0 Å². The van der Waals surface area contributed by atoms with Crippen LogP contribution in [-0.4, -0.2) is 17.8 Å². The Labute approximate surface area is 123 Å². The quantitative estimate of drug-likeness (QED) is 0.654. The first-order valence-corrected chi connectivity index (χ1v) is 8.51. The van der Waals surface area contributed by atoms with Crippen LogP contribution in [0.5, 0.6) is 0 Å². The van der Waals surface area contributed by atoms with Crippen molar-refractivity contribution < 1.29 is 4.79 Å². The summed E-state index contributed by atoms with van der Waals surface area (Å²) in [5.74, 6) is 1.48. The zero-order valence-electron chi connectivity index (χ0n) is 12.6. The normalized spacial score (nSPS) is 18.5. The molecular weight excluding hydrogens is 258 g/mol. The van der Waals surface area contributed by atoms with Crippen molar-refractivity contribution in [1.82, 2.24) is 5.32 Å². The van der Waals surface area contributed by atoms with Crippen molar-refractivity contribution in [3.63, 3.8) is 0 Å². The van der Waals surface area contributed by atoms with Crippen molar-refractivity contribution in [2.45, 2.75) is 77.0 Å². The lowest BCUT2D eigenvalue weighted by molar-refractivity contribution is -0.121. The fourth-order valence-electron chi connectivity index (χ4n) is 3.08. The van der Waals surface area contributed by atoms with Crippen molar-refractivity contribution in [3.8, 4) is 0 Å². The van der Waals surface area contributed by atoms with Crippen LogP contribution < -0.4 is 5.32 Å². The van der Waals surface area contributed by atoms with Gasteiger partial charge in [-0.25, -0.2) is 0 Å². The van der Waals surface area contributed by atoms with E-state index in [-0.39, 0.29) is 11.3 Å². The number of hydrogen-bond donors (Lipinski definition) is 1. The summed E-state index contributed by atoms with van der Waals surface area (Å²) in [4.78, 5) is 11.8. The second kappa shape index (κ2) is 9.63. The molecule has 112 valence electrons. The van der Waals surface area contributed by atoms with Gasteiger partial charge in [-0.15, -0.1) is 11.6 Å². The van der Waals surface area contributed by atoms with E-state index in [1.165, 1.54) is 32.1 Å². The van der Waals surface area contributed by atoms with E-state index in [1.54, 1.807) is 0 Å².